The molecule has 108 valence electrons. The third kappa shape index (κ3) is 2.01. The Morgan fingerprint density at radius 2 is 2.00 bits per heavy atom. The first-order chi connectivity index (χ1) is 10.8. The minimum Gasteiger partial charge on any atom is -0.267 e. The van der Waals surface area contributed by atoms with Crippen LogP contribution < -0.4 is 5.56 Å². The molecule has 0 N–H and O–H groups in total. The van der Waals surface area contributed by atoms with Crippen LogP contribution >= 0.6 is 23.1 Å². The average molecular weight is 326 g/mol. The number of rotatable bonds is 2. The third-order valence-corrected chi connectivity index (χ3v) is 4.97. The highest BCUT2D eigenvalue weighted by Crippen LogP contribution is 2.29. The Labute approximate surface area is 133 Å². The SMILES string of the molecule is CSc1ncc2c(n1)sc1c(=O)n(-c3ccccc3)cnc12. The molecule has 4 aromatic rings. The van der Waals surface area contributed by atoms with Gasteiger partial charge in [0.1, 0.15) is 15.9 Å². The molecule has 0 fully saturated rings. The van der Waals surface area contributed by atoms with Gasteiger partial charge < -0.3 is 0 Å². The quantitative estimate of drug-likeness (QED) is 0.418. The summed E-state index contributed by atoms with van der Waals surface area (Å²) in [6.45, 7) is 0. The second-order valence-corrected chi connectivity index (χ2v) is 6.38. The number of fused-ring (bicyclic) bond motifs is 3. The van der Waals surface area contributed by atoms with E-state index in [1.54, 1.807) is 17.1 Å². The molecule has 0 radical (unpaired) electrons. The Bertz CT molecular complexity index is 1040. The van der Waals surface area contributed by atoms with E-state index in [4.69, 9.17) is 0 Å². The zero-order valence-corrected chi connectivity index (χ0v) is 13.2. The average Bonchev–Trinajstić information content (AvgIpc) is 2.94. The molecule has 0 saturated heterocycles. The summed E-state index contributed by atoms with van der Waals surface area (Å²) in [5.74, 6) is 0. The molecule has 0 spiro atoms. The number of thioether (sulfide) groups is 1. The topological polar surface area (TPSA) is 60.7 Å². The number of hydrogen-bond donors (Lipinski definition) is 0. The molecule has 5 nitrogen and oxygen atoms in total. The van der Waals surface area contributed by atoms with Gasteiger partial charge in [-0.2, -0.15) is 0 Å². The molecule has 4 rings (SSSR count). The summed E-state index contributed by atoms with van der Waals surface area (Å²) >= 11 is 2.84. The van der Waals surface area contributed by atoms with Gasteiger partial charge in [0.15, 0.2) is 5.16 Å². The van der Waals surface area contributed by atoms with Crippen LogP contribution in [0.4, 0.5) is 0 Å². The van der Waals surface area contributed by atoms with E-state index in [-0.39, 0.29) is 5.56 Å². The van der Waals surface area contributed by atoms with E-state index in [0.717, 1.165) is 15.9 Å². The molecule has 0 amide bonds. The van der Waals surface area contributed by atoms with Gasteiger partial charge in [0.2, 0.25) is 0 Å². The molecule has 0 bridgehead atoms. The lowest BCUT2D eigenvalue weighted by Gasteiger charge is -2.03. The van der Waals surface area contributed by atoms with Crippen LogP contribution in [-0.2, 0) is 0 Å². The summed E-state index contributed by atoms with van der Waals surface area (Å²) < 4.78 is 2.16. The predicted molar refractivity (Wildman–Crippen MR) is 90.1 cm³/mol. The minimum absolute atomic E-state index is 0.0788. The monoisotopic (exact) mass is 326 g/mol. The van der Waals surface area contributed by atoms with Crippen molar-refractivity contribution in [2.45, 2.75) is 5.16 Å². The zero-order chi connectivity index (χ0) is 15.1. The van der Waals surface area contributed by atoms with Gasteiger partial charge in [0.25, 0.3) is 5.56 Å². The first-order valence-electron chi connectivity index (χ1n) is 6.54. The number of hydrogen-bond acceptors (Lipinski definition) is 6. The van der Waals surface area contributed by atoms with Gasteiger partial charge in [0, 0.05) is 6.20 Å². The van der Waals surface area contributed by atoms with E-state index in [1.165, 1.54) is 23.1 Å². The molecule has 0 unspecified atom stereocenters. The van der Waals surface area contributed by atoms with Crippen molar-refractivity contribution in [1.29, 1.82) is 0 Å². The minimum atomic E-state index is -0.0788. The molecular formula is C15H10N4OS2. The molecular weight excluding hydrogens is 316 g/mol. The van der Waals surface area contributed by atoms with Crippen molar-refractivity contribution in [3.63, 3.8) is 0 Å². The van der Waals surface area contributed by atoms with Gasteiger partial charge in [-0.1, -0.05) is 30.0 Å². The highest BCUT2D eigenvalue weighted by Gasteiger charge is 2.14. The molecule has 0 atom stereocenters. The molecule has 0 aliphatic carbocycles. The van der Waals surface area contributed by atoms with Crippen LogP contribution in [0.25, 0.3) is 26.1 Å². The molecule has 1 aromatic carbocycles. The van der Waals surface area contributed by atoms with Crippen LogP contribution in [0.15, 0.2) is 52.8 Å². The molecule has 3 heterocycles. The van der Waals surface area contributed by atoms with E-state index < -0.39 is 0 Å². The van der Waals surface area contributed by atoms with Crippen LogP contribution in [0.2, 0.25) is 0 Å². The Morgan fingerprint density at radius 3 is 2.77 bits per heavy atom. The largest absolute Gasteiger partial charge is 0.275 e. The number of nitrogens with zero attached hydrogens (tertiary/aromatic N) is 4. The Balaban J connectivity index is 2.03. The maximum Gasteiger partial charge on any atom is 0.275 e. The van der Waals surface area contributed by atoms with Crippen molar-refractivity contribution in [1.82, 2.24) is 19.5 Å². The summed E-state index contributed by atoms with van der Waals surface area (Å²) in [5.41, 5.74) is 1.39. The van der Waals surface area contributed by atoms with E-state index in [1.807, 2.05) is 36.6 Å². The lowest BCUT2D eigenvalue weighted by molar-refractivity contribution is 0.967. The number of thiophene rings is 1. The van der Waals surface area contributed by atoms with Gasteiger partial charge in [-0.25, -0.2) is 15.0 Å². The normalized spacial score (nSPS) is 11.3. The number of para-hydroxylation sites is 1. The van der Waals surface area contributed by atoms with Crippen LogP contribution in [0.1, 0.15) is 0 Å². The van der Waals surface area contributed by atoms with Crippen molar-refractivity contribution >= 4 is 43.5 Å². The van der Waals surface area contributed by atoms with Crippen molar-refractivity contribution in [3.05, 3.63) is 53.2 Å². The summed E-state index contributed by atoms with van der Waals surface area (Å²) in [4.78, 5) is 26.7. The van der Waals surface area contributed by atoms with Crippen LogP contribution in [0.5, 0.6) is 0 Å². The fourth-order valence-corrected chi connectivity index (χ4v) is 3.71. The smallest absolute Gasteiger partial charge is 0.267 e. The second kappa shape index (κ2) is 5.19. The first-order valence-corrected chi connectivity index (χ1v) is 8.58. The third-order valence-electron chi connectivity index (χ3n) is 3.33. The Morgan fingerprint density at radius 1 is 1.18 bits per heavy atom. The highest BCUT2D eigenvalue weighted by atomic mass is 32.2. The van der Waals surface area contributed by atoms with Crippen molar-refractivity contribution in [3.8, 4) is 5.69 Å². The molecule has 0 saturated carbocycles. The lowest BCUT2D eigenvalue weighted by Crippen LogP contribution is -2.17. The van der Waals surface area contributed by atoms with Crippen LogP contribution in [-0.4, -0.2) is 25.8 Å². The predicted octanol–water partition coefficient (Wildman–Crippen LogP) is 3.11. The van der Waals surface area contributed by atoms with E-state index in [9.17, 15) is 4.79 Å². The maximum atomic E-state index is 12.7. The molecule has 0 aliphatic heterocycles. The van der Waals surface area contributed by atoms with Crippen molar-refractivity contribution < 1.29 is 0 Å². The second-order valence-electron chi connectivity index (χ2n) is 4.61. The molecule has 22 heavy (non-hydrogen) atoms. The van der Waals surface area contributed by atoms with Crippen molar-refractivity contribution in [2.24, 2.45) is 0 Å². The van der Waals surface area contributed by atoms with E-state index in [0.29, 0.717) is 15.4 Å². The molecule has 3 aromatic heterocycles. The van der Waals surface area contributed by atoms with Crippen molar-refractivity contribution in [2.75, 3.05) is 6.26 Å². The standard InChI is InChI=1S/C15H10N4OS2/c1-21-15-16-7-10-11-12(22-13(10)18-15)14(20)19(8-17-11)9-5-3-2-4-6-9/h2-8H,1H3. The summed E-state index contributed by atoms with van der Waals surface area (Å²) in [7, 11) is 0. The summed E-state index contributed by atoms with van der Waals surface area (Å²) in [6.07, 6.45) is 5.23. The fraction of sp³-hybridized carbons (Fsp3) is 0.0667. The first kappa shape index (κ1) is 13.4. The van der Waals surface area contributed by atoms with Gasteiger partial charge in [0.05, 0.1) is 16.6 Å². The lowest BCUT2D eigenvalue weighted by atomic mass is 10.3. The zero-order valence-electron chi connectivity index (χ0n) is 11.6. The van der Waals surface area contributed by atoms with Crippen LogP contribution in [0, 0.1) is 0 Å². The summed E-state index contributed by atoms with van der Waals surface area (Å²) in [6, 6.07) is 9.47. The maximum absolute atomic E-state index is 12.7. The van der Waals surface area contributed by atoms with Gasteiger partial charge in [-0.15, -0.1) is 11.3 Å². The Hall–Kier alpha value is -2.25. The molecule has 7 heteroatoms. The fourth-order valence-electron chi connectivity index (χ4n) is 2.28. The number of aromatic nitrogens is 4. The Kier molecular flexibility index (Phi) is 3.16. The summed E-state index contributed by atoms with van der Waals surface area (Å²) in [5, 5.41) is 1.53. The van der Waals surface area contributed by atoms with Crippen LogP contribution in [0.3, 0.4) is 0 Å². The molecule has 0 aliphatic rings. The van der Waals surface area contributed by atoms with Gasteiger partial charge in [-0.05, 0) is 18.4 Å². The van der Waals surface area contributed by atoms with Gasteiger partial charge in [-0.3, -0.25) is 9.36 Å². The highest BCUT2D eigenvalue weighted by molar-refractivity contribution is 7.98. The van der Waals surface area contributed by atoms with E-state index in [2.05, 4.69) is 15.0 Å². The number of benzene rings is 1. The van der Waals surface area contributed by atoms with Gasteiger partial charge >= 0.3 is 0 Å². The van der Waals surface area contributed by atoms with E-state index >= 15 is 0 Å².